The zero-order valence-corrected chi connectivity index (χ0v) is 19.3. The molecule has 0 spiro atoms. The molecule has 0 unspecified atom stereocenters. The van der Waals surface area contributed by atoms with E-state index in [1.165, 1.54) is 0 Å². The summed E-state index contributed by atoms with van der Waals surface area (Å²) in [5, 5.41) is 14.6. The molecule has 0 radical (unpaired) electrons. The average Bonchev–Trinajstić information content (AvgIpc) is 3.64. The second-order valence-electron chi connectivity index (χ2n) is 8.99. The Kier molecular flexibility index (Phi) is 5.03. The number of piperidine rings is 1. The molecule has 0 aliphatic carbocycles. The summed E-state index contributed by atoms with van der Waals surface area (Å²) in [6.45, 7) is 2.80. The van der Waals surface area contributed by atoms with E-state index in [2.05, 4.69) is 25.8 Å². The lowest BCUT2D eigenvalue weighted by Crippen LogP contribution is -2.40. The lowest BCUT2D eigenvalue weighted by molar-refractivity contribution is -0.135. The lowest BCUT2D eigenvalue weighted by atomic mass is 10.0. The monoisotopic (exact) mass is 470 g/mol. The molecule has 1 amide bonds. The largest absolute Gasteiger partial charge is 0.387 e. The van der Waals surface area contributed by atoms with E-state index in [1.54, 1.807) is 15.6 Å². The van der Waals surface area contributed by atoms with E-state index in [0.29, 0.717) is 24.6 Å². The van der Waals surface area contributed by atoms with Crippen molar-refractivity contribution in [3.63, 3.8) is 0 Å². The van der Waals surface area contributed by atoms with Crippen molar-refractivity contribution in [1.29, 1.82) is 0 Å². The van der Waals surface area contributed by atoms with Gasteiger partial charge in [0.05, 0.1) is 23.0 Å². The van der Waals surface area contributed by atoms with E-state index in [9.17, 15) is 9.90 Å². The quantitative estimate of drug-likeness (QED) is 0.370. The summed E-state index contributed by atoms with van der Waals surface area (Å²) in [4.78, 5) is 26.4. The number of anilines is 1. The van der Waals surface area contributed by atoms with Crippen LogP contribution >= 0.6 is 0 Å². The number of nitrogens with zero attached hydrogens (tertiary/aromatic N) is 6. The van der Waals surface area contributed by atoms with Gasteiger partial charge in [-0.05, 0) is 43.5 Å². The molecule has 10 heteroatoms. The number of hydrogen-bond donors (Lipinski definition) is 3. The number of aromatic amines is 1. The predicted octanol–water partition coefficient (Wildman–Crippen LogP) is 2.79. The molecule has 1 aliphatic rings. The van der Waals surface area contributed by atoms with Crippen LogP contribution in [0.15, 0.2) is 49.1 Å². The molecule has 6 rings (SSSR count). The van der Waals surface area contributed by atoms with Crippen molar-refractivity contribution in [1.82, 2.24) is 34.0 Å². The van der Waals surface area contributed by atoms with Gasteiger partial charge in [-0.25, -0.2) is 4.98 Å². The Bertz CT molecular complexity index is 1520. The highest BCUT2D eigenvalue weighted by molar-refractivity contribution is 5.94. The molecule has 35 heavy (non-hydrogen) atoms. The summed E-state index contributed by atoms with van der Waals surface area (Å²) in [5.74, 6) is 0.331. The Morgan fingerprint density at radius 2 is 2.03 bits per heavy atom. The summed E-state index contributed by atoms with van der Waals surface area (Å²) in [6, 6.07) is 8.11. The van der Waals surface area contributed by atoms with Crippen molar-refractivity contribution in [2.24, 2.45) is 0 Å². The molecule has 1 aliphatic heterocycles. The van der Waals surface area contributed by atoms with Gasteiger partial charge in [-0.2, -0.15) is 9.61 Å². The van der Waals surface area contributed by atoms with Crippen LogP contribution in [0.5, 0.6) is 0 Å². The van der Waals surface area contributed by atoms with E-state index in [-0.39, 0.29) is 11.9 Å². The van der Waals surface area contributed by atoms with Crippen molar-refractivity contribution in [2.45, 2.75) is 25.8 Å². The number of carbonyl (C=O) groups is 1. The Balaban J connectivity index is 1.40. The third-order valence-corrected chi connectivity index (χ3v) is 6.93. The molecule has 5 aromatic heterocycles. The van der Waals surface area contributed by atoms with E-state index in [4.69, 9.17) is 10.7 Å². The number of carbonyl (C=O) groups excluding carboxylic acids is 1. The number of H-pyrrole nitrogens is 1. The number of nitrogens with two attached hydrogens (primary N) is 1. The van der Waals surface area contributed by atoms with Crippen molar-refractivity contribution < 1.29 is 9.90 Å². The van der Waals surface area contributed by atoms with Gasteiger partial charge in [-0.1, -0.05) is 6.07 Å². The van der Waals surface area contributed by atoms with Crippen molar-refractivity contribution in [2.75, 3.05) is 25.4 Å². The van der Waals surface area contributed by atoms with E-state index in [1.807, 2.05) is 43.6 Å². The molecule has 178 valence electrons. The number of nitrogen functional groups attached to an aromatic ring is 1. The van der Waals surface area contributed by atoms with Crippen LogP contribution in [0.2, 0.25) is 0 Å². The van der Waals surface area contributed by atoms with Gasteiger partial charge in [0.15, 0.2) is 5.65 Å². The molecular weight excluding hydrogens is 444 g/mol. The molecule has 0 aromatic carbocycles. The standard InChI is InChI=1S/C25H26N8O2/c1-15-13-32(17-6-9-31(10-7-17)21(35)14-34)25-22(15)23(26)33-24(30-25)18(12-29-33)16-4-5-20(28-11-16)19-3-2-8-27-19/h2-5,8,11-13,17,27,34H,6-7,9-10,14,26H2,1H3. The molecule has 4 N–H and O–H groups in total. The lowest BCUT2D eigenvalue weighted by Gasteiger charge is -2.32. The normalized spacial score (nSPS) is 14.9. The first-order valence-electron chi connectivity index (χ1n) is 11.7. The van der Waals surface area contributed by atoms with E-state index >= 15 is 0 Å². The van der Waals surface area contributed by atoms with Crippen molar-refractivity contribution in [3.05, 3.63) is 54.6 Å². The fraction of sp³-hybridized carbons (Fsp3) is 0.280. The molecular formula is C25H26N8O2. The van der Waals surface area contributed by atoms with Crippen LogP contribution in [0.1, 0.15) is 24.4 Å². The summed E-state index contributed by atoms with van der Waals surface area (Å²) in [5.41, 5.74) is 12.7. The van der Waals surface area contributed by atoms with Crippen LogP contribution in [0, 0.1) is 6.92 Å². The second kappa shape index (κ2) is 8.24. The highest BCUT2D eigenvalue weighted by Crippen LogP contribution is 2.34. The van der Waals surface area contributed by atoms with Gasteiger partial charge in [0.2, 0.25) is 5.91 Å². The number of likely N-dealkylation sites (tertiary alicyclic amines) is 1. The number of nitrogens with one attached hydrogen (secondary N) is 1. The number of fused-ring (bicyclic) bond motifs is 2. The van der Waals surface area contributed by atoms with E-state index in [0.717, 1.165) is 52.0 Å². The van der Waals surface area contributed by atoms with Gasteiger partial charge in [0.1, 0.15) is 18.1 Å². The third-order valence-electron chi connectivity index (χ3n) is 6.93. The van der Waals surface area contributed by atoms with Gasteiger partial charge in [-0.3, -0.25) is 9.78 Å². The van der Waals surface area contributed by atoms with Crippen LogP contribution in [0.25, 0.3) is 39.2 Å². The first-order valence-corrected chi connectivity index (χ1v) is 11.7. The molecule has 0 bridgehead atoms. The third kappa shape index (κ3) is 3.45. The minimum Gasteiger partial charge on any atom is -0.387 e. The van der Waals surface area contributed by atoms with Crippen molar-refractivity contribution >= 4 is 28.4 Å². The van der Waals surface area contributed by atoms with Gasteiger partial charge in [0.25, 0.3) is 0 Å². The summed E-state index contributed by atoms with van der Waals surface area (Å²) in [6.07, 6.45) is 9.15. The Labute approximate surface area is 201 Å². The number of aliphatic hydroxyl groups is 1. The number of aryl methyl sites for hydroxylation is 1. The minimum atomic E-state index is -0.447. The van der Waals surface area contributed by atoms with Crippen molar-refractivity contribution in [3.8, 4) is 22.5 Å². The highest BCUT2D eigenvalue weighted by atomic mass is 16.3. The van der Waals surface area contributed by atoms with Gasteiger partial charge < -0.3 is 25.3 Å². The number of amides is 1. The Hall–Kier alpha value is -4.18. The van der Waals surface area contributed by atoms with Crippen LogP contribution in [0.4, 0.5) is 5.82 Å². The van der Waals surface area contributed by atoms with Gasteiger partial charge in [0, 0.05) is 48.8 Å². The SMILES string of the molecule is Cc1cn(C2CCN(C(=O)CO)CC2)c2nc3c(-c4ccc(-c5ccc[nH]5)nc4)cnn3c(N)c12. The smallest absolute Gasteiger partial charge is 0.248 e. The molecule has 0 saturated carbocycles. The van der Waals surface area contributed by atoms with Crippen LogP contribution in [-0.2, 0) is 4.79 Å². The van der Waals surface area contributed by atoms with E-state index < -0.39 is 6.61 Å². The predicted molar refractivity (Wildman–Crippen MR) is 133 cm³/mol. The molecule has 5 aromatic rings. The fourth-order valence-electron chi connectivity index (χ4n) is 5.08. The Morgan fingerprint density at radius 1 is 1.20 bits per heavy atom. The number of hydrogen-bond acceptors (Lipinski definition) is 6. The number of aliphatic hydroxyl groups excluding tert-OH is 1. The maximum absolute atomic E-state index is 11.9. The number of pyridine rings is 1. The molecule has 6 heterocycles. The number of rotatable bonds is 4. The molecule has 0 atom stereocenters. The average molecular weight is 471 g/mol. The van der Waals surface area contributed by atoms with Gasteiger partial charge >= 0.3 is 0 Å². The van der Waals surface area contributed by atoms with Crippen LogP contribution < -0.4 is 5.73 Å². The summed E-state index contributed by atoms with van der Waals surface area (Å²) < 4.78 is 3.88. The zero-order chi connectivity index (χ0) is 24.1. The van der Waals surface area contributed by atoms with Crippen LogP contribution in [0.3, 0.4) is 0 Å². The fourth-order valence-corrected chi connectivity index (χ4v) is 5.08. The zero-order valence-electron chi connectivity index (χ0n) is 19.3. The van der Waals surface area contributed by atoms with Gasteiger partial charge in [-0.15, -0.1) is 0 Å². The summed E-state index contributed by atoms with van der Waals surface area (Å²) in [7, 11) is 0. The maximum Gasteiger partial charge on any atom is 0.248 e. The molecule has 10 nitrogen and oxygen atoms in total. The summed E-state index contributed by atoms with van der Waals surface area (Å²) >= 11 is 0. The maximum atomic E-state index is 11.9. The Morgan fingerprint density at radius 3 is 2.71 bits per heavy atom. The van der Waals surface area contributed by atoms with Crippen LogP contribution in [-0.4, -0.2) is 64.7 Å². The highest BCUT2D eigenvalue weighted by Gasteiger charge is 2.26. The minimum absolute atomic E-state index is 0.191. The second-order valence-corrected chi connectivity index (χ2v) is 8.99. The molecule has 1 saturated heterocycles. The number of aromatic nitrogens is 6. The topological polar surface area (TPSA) is 130 Å². The molecule has 1 fully saturated rings. The first kappa shape index (κ1) is 21.4. The first-order chi connectivity index (χ1) is 17.0.